The van der Waals surface area contributed by atoms with Gasteiger partial charge in [-0.25, -0.2) is 9.59 Å². The monoisotopic (exact) mass is 745 g/mol. The van der Waals surface area contributed by atoms with E-state index in [0.29, 0.717) is 29.7 Å². The van der Waals surface area contributed by atoms with Crippen molar-refractivity contribution in [2.45, 2.75) is 97.1 Å². The SMILES string of the molecule is CC(C)(C)OC(=O)C[C@H](NC(=O)c1ccc(NC(=O)[C@H](CCCCNC(=O)OCc2ccccc2)NC(=O)OC(C)(C)C)cc1-c1ccccc1)C(N)=O. The Morgan fingerprint density at radius 1 is 0.722 bits per heavy atom. The van der Waals surface area contributed by atoms with Gasteiger partial charge in [0.15, 0.2) is 0 Å². The molecule has 0 unspecified atom stereocenters. The molecule has 0 spiro atoms. The molecule has 0 heterocycles. The van der Waals surface area contributed by atoms with Gasteiger partial charge < -0.3 is 41.2 Å². The Hall–Kier alpha value is -5.92. The van der Waals surface area contributed by atoms with Crippen LogP contribution < -0.4 is 27.0 Å². The number of primary amides is 1. The minimum Gasteiger partial charge on any atom is -0.460 e. The van der Waals surface area contributed by atoms with Crippen LogP contribution in [0.15, 0.2) is 78.9 Å². The normalized spacial score (nSPS) is 12.3. The molecule has 54 heavy (non-hydrogen) atoms. The summed E-state index contributed by atoms with van der Waals surface area (Å²) >= 11 is 0. The second kappa shape index (κ2) is 19.8. The molecule has 2 atom stereocenters. The number of ether oxygens (including phenoxy) is 3. The van der Waals surface area contributed by atoms with E-state index in [-0.39, 0.29) is 25.1 Å². The van der Waals surface area contributed by atoms with Gasteiger partial charge in [-0.3, -0.25) is 19.2 Å². The van der Waals surface area contributed by atoms with E-state index in [1.54, 1.807) is 77.9 Å². The fraction of sp³-hybridized carbons (Fsp3) is 0.400. The van der Waals surface area contributed by atoms with E-state index in [1.165, 1.54) is 12.1 Å². The molecule has 290 valence electrons. The van der Waals surface area contributed by atoms with Crippen LogP contribution in [-0.4, -0.2) is 65.7 Å². The zero-order valence-corrected chi connectivity index (χ0v) is 31.7. The zero-order valence-electron chi connectivity index (χ0n) is 31.7. The first-order valence-corrected chi connectivity index (χ1v) is 17.7. The van der Waals surface area contributed by atoms with Gasteiger partial charge in [-0.15, -0.1) is 0 Å². The highest BCUT2D eigenvalue weighted by molar-refractivity contribution is 6.05. The molecule has 3 aromatic rings. The van der Waals surface area contributed by atoms with Crippen LogP contribution in [0.5, 0.6) is 0 Å². The molecule has 0 saturated heterocycles. The summed E-state index contributed by atoms with van der Waals surface area (Å²) in [4.78, 5) is 76.7. The number of hydrogen-bond donors (Lipinski definition) is 5. The van der Waals surface area contributed by atoms with Gasteiger partial charge in [-0.1, -0.05) is 60.7 Å². The van der Waals surface area contributed by atoms with Gasteiger partial charge in [0.1, 0.15) is 29.9 Å². The van der Waals surface area contributed by atoms with Crippen LogP contribution in [0.3, 0.4) is 0 Å². The van der Waals surface area contributed by atoms with Crippen LogP contribution in [0, 0.1) is 0 Å². The topological polar surface area (TPSA) is 204 Å². The Labute approximate surface area is 315 Å². The molecular weight excluding hydrogens is 694 g/mol. The van der Waals surface area contributed by atoms with Crippen molar-refractivity contribution in [2.24, 2.45) is 5.73 Å². The Morgan fingerprint density at radius 3 is 1.96 bits per heavy atom. The lowest BCUT2D eigenvalue weighted by molar-refractivity contribution is -0.156. The average molecular weight is 746 g/mol. The summed E-state index contributed by atoms with van der Waals surface area (Å²) in [7, 11) is 0. The molecule has 14 heteroatoms. The third kappa shape index (κ3) is 15.4. The van der Waals surface area contributed by atoms with E-state index in [0.717, 1.165) is 5.56 Å². The smallest absolute Gasteiger partial charge is 0.408 e. The molecule has 3 rings (SSSR count). The van der Waals surface area contributed by atoms with Crippen LogP contribution in [0.2, 0.25) is 0 Å². The fourth-order valence-corrected chi connectivity index (χ4v) is 5.07. The second-order valence-corrected chi connectivity index (χ2v) is 14.5. The van der Waals surface area contributed by atoms with E-state index in [4.69, 9.17) is 19.9 Å². The minimum absolute atomic E-state index is 0.133. The van der Waals surface area contributed by atoms with E-state index in [2.05, 4.69) is 21.3 Å². The van der Waals surface area contributed by atoms with Crippen molar-refractivity contribution in [3.8, 4) is 11.1 Å². The van der Waals surface area contributed by atoms with Gasteiger partial charge >= 0.3 is 18.2 Å². The van der Waals surface area contributed by atoms with Crippen LogP contribution in [0.1, 0.15) is 83.1 Å². The summed E-state index contributed by atoms with van der Waals surface area (Å²) in [5.74, 6) is -2.85. The number of carbonyl (C=O) groups is 6. The standard InChI is InChI=1S/C40H51N5O9/c1-39(2,3)53-33(46)24-32(34(41)47)44-35(48)29-21-20-28(23-30(29)27-17-11-8-12-18-27)43-36(49)31(45-38(51)54-40(4,5)6)19-13-14-22-42-37(50)52-25-26-15-9-7-10-16-26/h7-12,15-18,20-21,23,31-32H,13-14,19,22,24-25H2,1-6H3,(H2,41,47)(H,42,50)(H,43,49)(H,44,48)(H,45,51)/t31-,32-/m0/s1. The lowest BCUT2D eigenvalue weighted by atomic mass is 9.97. The van der Waals surface area contributed by atoms with Crippen LogP contribution in [0.25, 0.3) is 11.1 Å². The molecule has 0 saturated carbocycles. The van der Waals surface area contributed by atoms with E-state index < -0.39 is 65.6 Å². The molecular formula is C40H51N5O9. The Balaban J connectivity index is 1.74. The first kappa shape index (κ1) is 42.5. The quantitative estimate of drug-likeness (QED) is 0.0703. The molecule has 0 aromatic heterocycles. The number of benzene rings is 3. The minimum atomic E-state index is -1.34. The van der Waals surface area contributed by atoms with Gasteiger partial charge in [0.25, 0.3) is 5.91 Å². The number of anilines is 1. The van der Waals surface area contributed by atoms with E-state index >= 15 is 0 Å². The average Bonchev–Trinajstić information content (AvgIpc) is 3.08. The predicted molar refractivity (Wildman–Crippen MR) is 203 cm³/mol. The first-order valence-electron chi connectivity index (χ1n) is 17.7. The molecule has 0 bridgehead atoms. The van der Waals surface area contributed by atoms with Gasteiger partial charge in [-0.05, 0) is 95.7 Å². The first-order chi connectivity index (χ1) is 25.4. The summed E-state index contributed by atoms with van der Waals surface area (Å²) < 4.78 is 15.9. The maximum atomic E-state index is 13.6. The van der Waals surface area contributed by atoms with E-state index in [9.17, 15) is 28.8 Å². The predicted octanol–water partition coefficient (Wildman–Crippen LogP) is 5.60. The summed E-state index contributed by atoms with van der Waals surface area (Å²) in [6.45, 7) is 10.6. The van der Waals surface area contributed by atoms with Gasteiger partial charge in [0.2, 0.25) is 11.8 Å². The Morgan fingerprint density at radius 2 is 1.35 bits per heavy atom. The highest BCUT2D eigenvalue weighted by Gasteiger charge is 2.28. The largest absolute Gasteiger partial charge is 0.460 e. The molecule has 0 aliphatic heterocycles. The van der Waals surface area contributed by atoms with Crippen molar-refractivity contribution in [3.63, 3.8) is 0 Å². The number of hydrogen-bond acceptors (Lipinski definition) is 9. The number of alkyl carbamates (subject to hydrolysis) is 2. The van der Waals surface area contributed by atoms with Gasteiger partial charge in [0, 0.05) is 17.8 Å². The molecule has 6 N–H and O–H groups in total. The van der Waals surface area contributed by atoms with E-state index in [1.807, 2.05) is 30.3 Å². The van der Waals surface area contributed by atoms with Crippen LogP contribution in [0.4, 0.5) is 15.3 Å². The summed E-state index contributed by atoms with van der Waals surface area (Å²) in [5.41, 5.74) is 6.26. The number of esters is 1. The molecule has 3 aromatic carbocycles. The van der Waals surface area contributed by atoms with Crippen molar-refractivity contribution in [1.29, 1.82) is 0 Å². The number of nitrogens with one attached hydrogen (secondary N) is 4. The van der Waals surface area contributed by atoms with Crippen molar-refractivity contribution in [2.75, 3.05) is 11.9 Å². The van der Waals surface area contributed by atoms with Gasteiger partial charge in [-0.2, -0.15) is 0 Å². The lowest BCUT2D eigenvalue weighted by Crippen LogP contribution is -2.46. The molecule has 14 nitrogen and oxygen atoms in total. The number of carbonyl (C=O) groups excluding carboxylic acids is 6. The second-order valence-electron chi connectivity index (χ2n) is 14.5. The number of unbranched alkanes of at least 4 members (excludes halogenated alkanes) is 1. The lowest BCUT2D eigenvalue weighted by Gasteiger charge is -2.24. The molecule has 0 aliphatic rings. The summed E-state index contributed by atoms with van der Waals surface area (Å²) in [6.07, 6.45) is -0.664. The Bertz CT molecular complexity index is 1750. The van der Waals surface area contributed by atoms with Crippen molar-refractivity contribution < 1.29 is 43.0 Å². The summed E-state index contributed by atoms with van der Waals surface area (Å²) in [6, 6.07) is 20.4. The third-order valence-electron chi connectivity index (χ3n) is 7.47. The fourth-order valence-electron chi connectivity index (χ4n) is 5.07. The number of amides is 5. The molecule has 0 aliphatic carbocycles. The highest BCUT2D eigenvalue weighted by Crippen LogP contribution is 2.28. The van der Waals surface area contributed by atoms with Crippen molar-refractivity contribution >= 4 is 41.6 Å². The Kier molecular flexibility index (Phi) is 15.6. The maximum absolute atomic E-state index is 13.6. The maximum Gasteiger partial charge on any atom is 0.408 e. The molecule has 0 fully saturated rings. The zero-order chi connectivity index (χ0) is 39.9. The molecule has 5 amide bonds. The third-order valence-corrected chi connectivity index (χ3v) is 7.47. The van der Waals surface area contributed by atoms with Crippen molar-refractivity contribution in [1.82, 2.24) is 16.0 Å². The van der Waals surface area contributed by atoms with Crippen molar-refractivity contribution in [3.05, 3.63) is 90.0 Å². The van der Waals surface area contributed by atoms with Gasteiger partial charge in [0.05, 0.1) is 6.42 Å². The highest BCUT2D eigenvalue weighted by atomic mass is 16.6. The van der Waals surface area contributed by atoms with Crippen LogP contribution in [-0.2, 0) is 35.2 Å². The molecule has 0 radical (unpaired) electrons. The number of nitrogens with two attached hydrogens (primary N) is 1. The summed E-state index contributed by atoms with van der Waals surface area (Å²) in [5, 5.41) is 10.7. The number of rotatable bonds is 16. The van der Waals surface area contributed by atoms with Crippen LogP contribution >= 0.6 is 0 Å².